The number of amides is 1. The zero-order valence-corrected chi connectivity index (χ0v) is 14.2. The summed E-state index contributed by atoms with van der Waals surface area (Å²) in [5, 5.41) is 0.774. The zero-order chi connectivity index (χ0) is 17.0. The van der Waals surface area contributed by atoms with Crippen molar-refractivity contribution >= 4 is 29.1 Å². The molecular weight excluding hydrogens is 340 g/mol. The summed E-state index contributed by atoms with van der Waals surface area (Å²) < 4.78 is 18.3. The molecule has 0 bridgehead atoms. The van der Waals surface area contributed by atoms with Gasteiger partial charge in [-0.05, 0) is 42.8 Å². The summed E-state index contributed by atoms with van der Waals surface area (Å²) in [7, 11) is 1.69. The van der Waals surface area contributed by atoms with Crippen molar-refractivity contribution < 1.29 is 13.9 Å². The van der Waals surface area contributed by atoms with Gasteiger partial charge in [0, 0.05) is 12.1 Å². The third-order valence-corrected chi connectivity index (χ3v) is 4.12. The maximum Gasteiger partial charge on any atom is 0.260 e. The summed E-state index contributed by atoms with van der Waals surface area (Å²) in [6.45, 7) is 1.73. The summed E-state index contributed by atoms with van der Waals surface area (Å²) in [6, 6.07) is 10.9. The van der Waals surface area contributed by atoms with Gasteiger partial charge in [-0.2, -0.15) is 0 Å². The second-order valence-electron chi connectivity index (χ2n) is 5.10. The molecule has 0 N–H and O–H groups in total. The van der Waals surface area contributed by atoms with Crippen LogP contribution in [0.2, 0.25) is 10.0 Å². The van der Waals surface area contributed by atoms with Crippen molar-refractivity contribution in [2.75, 3.05) is 13.7 Å². The molecule has 0 aliphatic heterocycles. The second-order valence-corrected chi connectivity index (χ2v) is 5.94. The molecule has 0 aliphatic carbocycles. The molecular formula is C17H16Cl2FNO2. The number of hydrogen-bond acceptors (Lipinski definition) is 2. The van der Waals surface area contributed by atoms with Crippen LogP contribution in [0.1, 0.15) is 18.5 Å². The van der Waals surface area contributed by atoms with Crippen molar-refractivity contribution in [3.8, 4) is 5.75 Å². The van der Waals surface area contributed by atoms with E-state index in [-0.39, 0.29) is 29.3 Å². The van der Waals surface area contributed by atoms with Gasteiger partial charge in [0.05, 0.1) is 11.1 Å². The predicted octanol–water partition coefficient (Wildman–Crippen LogP) is 4.73. The van der Waals surface area contributed by atoms with Crippen LogP contribution in [0, 0.1) is 5.82 Å². The van der Waals surface area contributed by atoms with Crippen molar-refractivity contribution in [1.82, 2.24) is 4.90 Å². The Balaban J connectivity index is 1.98. The quantitative estimate of drug-likeness (QED) is 0.775. The van der Waals surface area contributed by atoms with Crippen molar-refractivity contribution in [2.45, 2.75) is 13.0 Å². The van der Waals surface area contributed by atoms with Gasteiger partial charge in [-0.15, -0.1) is 0 Å². The molecule has 0 radical (unpaired) electrons. The monoisotopic (exact) mass is 355 g/mol. The number of hydrogen-bond donors (Lipinski definition) is 0. The molecule has 122 valence electrons. The van der Waals surface area contributed by atoms with Gasteiger partial charge in [0.15, 0.2) is 6.61 Å². The molecule has 6 heteroatoms. The van der Waals surface area contributed by atoms with Gasteiger partial charge in [0.25, 0.3) is 5.91 Å². The zero-order valence-electron chi connectivity index (χ0n) is 12.7. The summed E-state index contributed by atoms with van der Waals surface area (Å²) in [4.78, 5) is 13.8. The average molecular weight is 356 g/mol. The Hall–Kier alpha value is -1.78. The smallest absolute Gasteiger partial charge is 0.260 e. The molecule has 0 heterocycles. The maximum atomic E-state index is 13.0. The van der Waals surface area contributed by atoms with E-state index >= 15 is 0 Å². The number of nitrogens with zero attached hydrogens (tertiary/aromatic N) is 1. The fraction of sp³-hybridized carbons (Fsp3) is 0.235. The minimum absolute atomic E-state index is 0.131. The van der Waals surface area contributed by atoms with E-state index < -0.39 is 5.82 Å². The second kappa shape index (κ2) is 7.66. The highest BCUT2D eigenvalue weighted by Crippen LogP contribution is 2.25. The van der Waals surface area contributed by atoms with Gasteiger partial charge in [0.1, 0.15) is 11.6 Å². The minimum atomic E-state index is -0.456. The molecule has 2 aromatic rings. The lowest BCUT2D eigenvalue weighted by Gasteiger charge is -2.25. The van der Waals surface area contributed by atoms with Crippen LogP contribution in [0.3, 0.4) is 0 Å². The Kier molecular flexibility index (Phi) is 5.85. The Morgan fingerprint density at radius 3 is 2.48 bits per heavy atom. The van der Waals surface area contributed by atoms with Crippen LogP contribution in [0.25, 0.3) is 0 Å². The first-order valence-corrected chi connectivity index (χ1v) is 7.73. The van der Waals surface area contributed by atoms with Gasteiger partial charge in [-0.3, -0.25) is 4.79 Å². The van der Waals surface area contributed by atoms with Gasteiger partial charge in [0.2, 0.25) is 0 Å². The lowest BCUT2D eigenvalue weighted by Crippen LogP contribution is -2.33. The molecule has 1 amide bonds. The third kappa shape index (κ3) is 4.60. The molecule has 0 fully saturated rings. The number of carbonyl (C=O) groups excluding carboxylic acids is 1. The topological polar surface area (TPSA) is 29.5 Å². The van der Waals surface area contributed by atoms with E-state index in [9.17, 15) is 9.18 Å². The Labute approximate surface area is 144 Å². The summed E-state index contributed by atoms with van der Waals surface area (Å²) in [6.07, 6.45) is 0. The van der Waals surface area contributed by atoms with Crippen molar-refractivity contribution in [3.63, 3.8) is 0 Å². The molecule has 2 aromatic carbocycles. The molecule has 1 atom stereocenters. The van der Waals surface area contributed by atoms with Crippen LogP contribution in [0.5, 0.6) is 5.75 Å². The highest BCUT2D eigenvalue weighted by atomic mass is 35.5. The van der Waals surface area contributed by atoms with E-state index in [1.807, 2.05) is 19.1 Å². The van der Waals surface area contributed by atoms with Crippen LogP contribution in [-0.4, -0.2) is 24.5 Å². The minimum Gasteiger partial charge on any atom is -0.482 e. The Morgan fingerprint density at radius 1 is 1.22 bits per heavy atom. The van der Waals surface area contributed by atoms with E-state index in [1.165, 1.54) is 12.1 Å². The van der Waals surface area contributed by atoms with Gasteiger partial charge in [-0.25, -0.2) is 4.39 Å². The summed E-state index contributed by atoms with van der Waals surface area (Å²) >= 11 is 11.7. The highest BCUT2D eigenvalue weighted by molar-refractivity contribution is 6.32. The lowest BCUT2D eigenvalue weighted by molar-refractivity contribution is -0.134. The van der Waals surface area contributed by atoms with Gasteiger partial charge < -0.3 is 9.64 Å². The first-order chi connectivity index (χ1) is 10.9. The number of ether oxygens (including phenoxy) is 1. The SMILES string of the molecule is CC(c1ccc(Cl)cc1)N(C)C(=O)COc1ccc(F)cc1Cl. The van der Waals surface area contributed by atoms with E-state index in [1.54, 1.807) is 24.1 Å². The molecule has 0 aliphatic rings. The van der Waals surface area contributed by atoms with Gasteiger partial charge in [-0.1, -0.05) is 35.3 Å². The molecule has 0 saturated carbocycles. The first-order valence-electron chi connectivity index (χ1n) is 6.97. The number of halogens is 3. The fourth-order valence-electron chi connectivity index (χ4n) is 2.01. The van der Waals surface area contributed by atoms with Crippen molar-refractivity contribution in [2.24, 2.45) is 0 Å². The normalized spacial score (nSPS) is 11.9. The molecule has 1 unspecified atom stereocenters. The van der Waals surface area contributed by atoms with E-state index in [0.29, 0.717) is 5.02 Å². The van der Waals surface area contributed by atoms with E-state index in [2.05, 4.69) is 0 Å². The molecule has 0 spiro atoms. The number of benzene rings is 2. The van der Waals surface area contributed by atoms with Crippen LogP contribution in [0.15, 0.2) is 42.5 Å². The molecule has 23 heavy (non-hydrogen) atoms. The summed E-state index contributed by atoms with van der Waals surface area (Å²) in [5.41, 5.74) is 0.963. The standard InChI is InChI=1S/C17H16Cl2FNO2/c1-11(12-3-5-13(18)6-4-12)21(2)17(22)10-23-16-8-7-14(20)9-15(16)19/h3-9,11H,10H2,1-2H3. The lowest BCUT2D eigenvalue weighted by atomic mass is 10.1. The largest absolute Gasteiger partial charge is 0.482 e. The predicted molar refractivity (Wildman–Crippen MR) is 89.5 cm³/mol. The Bertz CT molecular complexity index is 691. The molecule has 0 saturated heterocycles. The first kappa shape index (κ1) is 17.6. The van der Waals surface area contributed by atoms with Crippen LogP contribution < -0.4 is 4.74 Å². The maximum absolute atomic E-state index is 13.0. The number of rotatable bonds is 5. The van der Waals surface area contributed by atoms with Gasteiger partial charge >= 0.3 is 0 Å². The van der Waals surface area contributed by atoms with E-state index in [0.717, 1.165) is 11.6 Å². The summed E-state index contributed by atoms with van der Waals surface area (Å²) in [5.74, 6) is -0.399. The molecule has 0 aromatic heterocycles. The van der Waals surface area contributed by atoms with Crippen LogP contribution in [-0.2, 0) is 4.79 Å². The van der Waals surface area contributed by atoms with Crippen LogP contribution >= 0.6 is 23.2 Å². The Morgan fingerprint density at radius 2 is 1.87 bits per heavy atom. The molecule has 3 nitrogen and oxygen atoms in total. The van der Waals surface area contributed by atoms with Crippen molar-refractivity contribution in [1.29, 1.82) is 0 Å². The number of likely N-dealkylation sites (N-methyl/N-ethyl adjacent to an activating group) is 1. The van der Waals surface area contributed by atoms with Crippen molar-refractivity contribution in [3.05, 3.63) is 63.9 Å². The fourth-order valence-corrected chi connectivity index (χ4v) is 2.36. The highest BCUT2D eigenvalue weighted by Gasteiger charge is 2.18. The third-order valence-electron chi connectivity index (χ3n) is 3.57. The number of carbonyl (C=O) groups is 1. The van der Waals surface area contributed by atoms with Crippen LogP contribution in [0.4, 0.5) is 4.39 Å². The molecule has 2 rings (SSSR count). The average Bonchev–Trinajstić information content (AvgIpc) is 2.53. The van der Waals surface area contributed by atoms with E-state index in [4.69, 9.17) is 27.9 Å².